The molecule has 0 aromatic rings. The van der Waals surface area contributed by atoms with Crippen LogP contribution in [0.15, 0.2) is 0 Å². The van der Waals surface area contributed by atoms with Crippen LogP contribution in [0.4, 0.5) is 0 Å². The Hall–Kier alpha value is -0.440. The number of ether oxygens (including phenoxy) is 1. The lowest BCUT2D eigenvalue weighted by Gasteiger charge is -1.84. The molecule has 0 saturated heterocycles. The summed E-state index contributed by atoms with van der Waals surface area (Å²) >= 11 is 4.27. The minimum atomic E-state index is -0.00463. The fourth-order valence-corrected chi connectivity index (χ4v) is 0.0481. The first-order chi connectivity index (χ1) is 2.81. The Morgan fingerprint density at radius 3 is 2.50 bits per heavy atom. The first kappa shape index (κ1) is 5.56. The van der Waals surface area contributed by atoms with Gasteiger partial charge in [0.2, 0.25) is 5.05 Å². The maximum atomic E-state index is 9.47. The van der Waals surface area contributed by atoms with Crippen LogP contribution in [-0.4, -0.2) is 18.4 Å². The van der Waals surface area contributed by atoms with E-state index in [1.807, 2.05) is 0 Å². The van der Waals surface area contributed by atoms with E-state index < -0.39 is 0 Å². The van der Waals surface area contributed by atoms with Crippen LogP contribution >= 0.6 is 12.2 Å². The Morgan fingerprint density at radius 1 is 2.00 bits per heavy atom. The zero-order chi connectivity index (χ0) is 4.99. The summed E-state index contributed by atoms with van der Waals surface area (Å²) in [7, 11) is 1.36. The summed E-state index contributed by atoms with van der Waals surface area (Å²) in [6, 6.07) is 0. The first-order valence-electron chi connectivity index (χ1n) is 1.34. The molecule has 0 spiro atoms. The van der Waals surface area contributed by atoms with Crippen molar-refractivity contribution in [2.75, 3.05) is 7.11 Å². The van der Waals surface area contributed by atoms with Crippen molar-refractivity contribution in [3.05, 3.63) is 0 Å². The molecule has 0 saturated carbocycles. The van der Waals surface area contributed by atoms with Crippen molar-refractivity contribution in [3.8, 4) is 0 Å². The van der Waals surface area contributed by atoms with Crippen LogP contribution in [0.5, 0.6) is 0 Å². The number of carbonyl (C=O) groups excluding carboxylic acids is 1. The lowest BCUT2D eigenvalue weighted by atomic mass is 10.8. The van der Waals surface area contributed by atoms with Gasteiger partial charge >= 0.3 is 0 Å². The molecule has 3 heteroatoms. The van der Waals surface area contributed by atoms with Gasteiger partial charge in [0.25, 0.3) is 0 Å². The smallest absolute Gasteiger partial charge is 0.224 e. The number of rotatable bonds is 1. The molecule has 0 aliphatic rings. The van der Waals surface area contributed by atoms with Gasteiger partial charge in [-0.1, -0.05) is 0 Å². The van der Waals surface area contributed by atoms with Crippen molar-refractivity contribution in [1.82, 2.24) is 0 Å². The summed E-state index contributed by atoms with van der Waals surface area (Å²) in [6.07, 6.45) is 0.481. The molecular formula is C3H4O2S. The largest absolute Gasteiger partial charge is 0.484 e. The molecule has 0 heterocycles. The SMILES string of the molecule is COC(=S)C=O. The van der Waals surface area contributed by atoms with Crippen LogP contribution in [0.2, 0.25) is 0 Å². The van der Waals surface area contributed by atoms with Crippen molar-refractivity contribution in [1.29, 1.82) is 0 Å². The van der Waals surface area contributed by atoms with E-state index in [9.17, 15) is 4.79 Å². The maximum absolute atomic E-state index is 9.47. The molecule has 0 aromatic carbocycles. The van der Waals surface area contributed by atoms with Gasteiger partial charge in [-0.05, 0) is 12.2 Å². The number of hydrogen-bond donors (Lipinski definition) is 0. The van der Waals surface area contributed by atoms with E-state index in [1.54, 1.807) is 0 Å². The Kier molecular flexibility index (Phi) is 2.58. The highest BCUT2D eigenvalue weighted by molar-refractivity contribution is 7.81. The van der Waals surface area contributed by atoms with Crippen LogP contribution in [0.1, 0.15) is 0 Å². The van der Waals surface area contributed by atoms with E-state index in [0.29, 0.717) is 6.29 Å². The third-order valence-electron chi connectivity index (χ3n) is 0.297. The van der Waals surface area contributed by atoms with Gasteiger partial charge in [-0.15, -0.1) is 0 Å². The Labute approximate surface area is 41.1 Å². The molecule has 0 radical (unpaired) electrons. The van der Waals surface area contributed by atoms with Gasteiger partial charge in [-0.2, -0.15) is 0 Å². The van der Waals surface area contributed by atoms with Gasteiger partial charge in [0.15, 0.2) is 6.29 Å². The second-order valence-corrected chi connectivity index (χ2v) is 1.04. The predicted octanol–water partition coefficient (Wildman–Crippen LogP) is 0.159. The average molecular weight is 104 g/mol. The van der Waals surface area contributed by atoms with E-state index in [0.717, 1.165) is 0 Å². The monoisotopic (exact) mass is 104 g/mol. The lowest BCUT2D eigenvalue weighted by Crippen LogP contribution is -1.95. The van der Waals surface area contributed by atoms with E-state index in [1.165, 1.54) is 7.11 Å². The molecule has 0 amide bonds. The highest BCUT2D eigenvalue weighted by Crippen LogP contribution is 1.66. The number of hydrogen-bond acceptors (Lipinski definition) is 3. The molecule has 0 rings (SSSR count). The maximum Gasteiger partial charge on any atom is 0.224 e. The summed E-state index contributed by atoms with van der Waals surface area (Å²) in [4.78, 5) is 9.47. The van der Waals surface area contributed by atoms with Crippen LogP contribution < -0.4 is 0 Å². The predicted molar refractivity (Wildman–Crippen MR) is 25.7 cm³/mol. The molecule has 2 nitrogen and oxygen atoms in total. The molecular weight excluding hydrogens is 100 g/mol. The van der Waals surface area contributed by atoms with E-state index in [2.05, 4.69) is 17.0 Å². The highest BCUT2D eigenvalue weighted by Gasteiger charge is 1.81. The molecule has 0 atom stereocenters. The minimum Gasteiger partial charge on any atom is -0.484 e. The Balaban J connectivity index is 3.23. The molecule has 0 aromatic heterocycles. The number of thiocarbonyl (C=S) groups is 1. The summed E-state index contributed by atoms with van der Waals surface area (Å²) in [5.74, 6) is 0. The Morgan fingerprint density at radius 2 is 2.50 bits per heavy atom. The van der Waals surface area contributed by atoms with Crippen molar-refractivity contribution in [3.63, 3.8) is 0 Å². The quantitative estimate of drug-likeness (QED) is 0.350. The molecule has 6 heavy (non-hydrogen) atoms. The molecule has 0 aliphatic carbocycles. The average Bonchev–Trinajstić information content (AvgIpc) is 1.65. The van der Waals surface area contributed by atoms with Gasteiger partial charge < -0.3 is 4.74 Å². The molecule has 0 aliphatic heterocycles. The van der Waals surface area contributed by atoms with E-state index in [-0.39, 0.29) is 5.05 Å². The summed E-state index contributed by atoms with van der Waals surface area (Å²) in [5, 5.41) is -0.00463. The molecule has 0 N–H and O–H groups in total. The summed E-state index contributed by atoms with van der Waals surface area (Å²) in [6.45, 7) is 0. The van der Waals surface area contributed by atoms with E-state index in [4.69, 9.17) is 0 Å². The standard InChI is InChI=1S/C3H4O2S/c1-5-3(6)2-4/h2H,1H3. The van der Waals surface area contributed by atoms with Crippen LogP contribution in [0.25, 0.3) is 0 Å². The zero-order valence-electron chi connectivity index (χ0n) is 3.30. The van der Waals surface area contributed by atoms with Gasteiger partial charge in [0.1, 0.15) is 0 Å². The minimum absolute atomic E-state index is 0.00463. The van der Waals surface area contributed by atoms with Gasteiger partial charge in [0, 0.05) is 0 Å². The Bertz CT molecular complexity index is 69.2. The third-order valence-corrected chi connectivity index (χ3v) is 0.560. The summed E-state index contributed by atoms with van der Waals surface area (Å²) in [5.41, 5.74) is 0. The van der Waals surface area contributed by atoms with Gasteiger partial charge in [0.05, 0.1) is 7.11 Å². The normalized spacial score (nSPS) is 6.83. The van der Waals surface area contributed by atoms with Crippen LogP contribution in [-0.2, 0) is 9.53 Å². The summed E-state index contributed by atoms with van der Waals surface area (Å²) < 4.78 is 4.26. The highest BCUT2D eigenvalue weighted by atomic mass is 32.1. The van der Waals surface area contributed by atoms with Crippen molar-refractivity contribution in [2.24, 2.45) is 0 Å². The molecule has 0 bridgehead atoms. The van der Waals surface area contributed by atoms with Gasteiger partial charge in [-0.3, -0.25) is 4.79 Å². The van der Waals surface area contributed by atoms with E-state index >= 15 is 0 Å². The van der Waals surface area contributed by atoms with Crippen molar-refractivity contribution >= 4 is 23.6 Å². The fourth-order valence-electron chi connectivity index (χ4n) is 0.0481. The van der Waals surface area contributed by atoms with Crippen LogP contribution in [0.3, 0.4) is 0 Å². The number of methoxy groups -OCH3 is 1. The van der Waals surface area contributed by atoms with Crippen molar-refractivity contribution < 1.29 is 9.53 Å². The zero-order valence-corrected chi connectivity index (χ0v) is 4.12. The molecule has 0 fully saturated rings. The number of carbonyl (C=O) groups is 1. The van der Waals surface area contributed by atoms with Gasteiger partial charge in [-0.25, -0.2) is 0 Å². The molecule has 0 unspecified atom stereocenters. The first-order valence-corrected chi connectivity index (χ1v) is 1.75. The number of aldehydes is 1. The third kappa shape index (κ3) is 1.84. The fraction of sp³-hybridized carbons (Fsp3) is 0.333. The second kappa shape index (κ2) is 2.78. The molecule has 34 valence electrons. The lowest BCUT2D eigenvalue weighted by molar-refractivity contribution is -0.103. The van der Waals surface area contributed by atoms with Crippen molar-refractivity contribution in [2.45, 2.75) is 0 Å². The topological polar surface area (TPSA) is 26.3 Å². The van der Waals surface area contributed by atoms with Crippen LogP contribution in [0, 0.1) is 0 Å². The second-order valence-electron chi connectivity index (χ2n) is 0.641.